The van der Waals surface area contributed by atoms with Crippen molar-refractivity contribution in [2.75, 3.05) is 6.61 Å². The molecule has 174 valence electrons. The van der Waals surface area contributed by atoms with Gasteiger partial charge in [-0.3, -0.25) is 9.78 Å². The Morgan fingerprint density at radius 3 is 2.71 bits per heavy atom. The summed E-state index contributed by atoms with van der Waals surface area (Å²) in [4.78, 5) is 16.7. The molecule has 0 aliphatic rings. The fourth-order valence-electron chi connectivity index (χ4n) is 4.24. The van der Waals surface area contributed by atoms with E-state index >= 15 is 0 Å². The number of rotatable bonds is 7. The summed E-state index contributed by atoms with van der Waals surface area (Å²) in [6, 6.07) is 22.4. The molecule has 35 heavy (non-hydrogen) atoms. The van der Waals surface area contributed by atoms with E-state index in [1.165, 1.54) is 10.8 Å². The third-order valence-corrected chi connectivity index (χ3v) is 6.00. The van der Waals surface area contributed by atoms with Crippen molar-refractivity contribution in [1.82, 2.24) is 10.3 Å². The molecule has 0 unspecified atom stereocenters. The van der Waals surface area contributed by atoms with Crippen molar-refractivity contribution in [2.45, 2.75) is 20.4 Å². The molecule has 0 aliphatic heterocycles. The molecule has 2 heterocycles. The molecule has 1 amide bonds. The van der Waals surface area contributed by atoms with Crippen LogP contribution in [0.1, 0.15) is 25.0 Å². The standard InChI is InChI=1S/C30H26N2O3/c1-3-34-28-16-29-26(27(19-35-29)24-11-10-22-8-4-5-9-23(22)14-24)15-25(28)20(2)13-30(33)32-18-21-7-6-12-31-17-21/h4-17,19H,3,18H2,1-2H3,(H,32,33)/b20-13+. The predicted octanol–water partition coefficient (Wildman–Crippen LogP) is 6.77. The summed E-state index contributed by atoms with van der Waals surface area (Å²) in [6.07, 6.45) is 6.85. The zero-order valence-corrected chi connectivity index (χ0v) is 19.7. The van der Waals surface area contributed by atoms with Gasteiger partial charge < -0.3 is 14.5 Å². The Morgan fingerprint density at radius 2 is 1.91 bits per heavy atom. The van der Waals surface area contributed by atoms with E-state index in [1.54, 1.807) is 24.7 Å². The fourth-order valence-corrected chi connectivity index (χ4v) is 4.24. The monoisotopic (exact) mass is 462 g/mol. The number of aromatic nitrogens is 1. The van der Waals surface area contributed by atoms with Crippen molar-refractivity contribution in [3.8, 4) is 16.9 Å². The largest absolute Gasteiger partial charge is 0.493 e. The van der Waals surface area contributed by atoms with E-state index in [9.17, 15) is 4.79 Å². The van der Waals surface area contributed by atoms with Crippen LogP contribution in [0.3, 0.4) is 0 Å². The first-order valence-electron chi connectivity index (χ1n) is 11.6. The van der Waals surface area contributed by atoms with Gasteiger partial charge in [0.25, 0.3) is 0 Å². The van der Waals surface area contributed by atoms with Gasteiger partial charge in [0, 0.05) is 47.6 Å². The molecule has 5 aromatic rings. The number of amides is 1. The summed E-state index contributed by atoms with van der Waals surface area (Å²) in [7, 11) is 0. The minimum absolute atomic E-state index is 0.171. The SMILES string of the molecule is CCOc1cc2occ(-c3ccc4ccccc4c3)c2cc1/C(C)=C/C(=O)NCc1cccnc1. The number of ether oxygens (including phenoxy) is 1. The average molecular weight is 463 g/mol. The van der Waals surface area contributed by atoms with Gasteiger partial charge in [-0.25, -0.2) is 0 Å². The lowest BCUT2D eigenvalue weighted by atomic mass is 9.97. The van der Waals surface area contributed by atoms with E-state index < -0.39 is 0 Å². The molecule has 1 N–H and O–H groups in total. The van der Waals surface area contributed by atoms with Crippen LogP contribution in [-0.4, -0.2) is 17.5 Å². The average Bonchev–Trinajstić information content (AvgIpc) is 3.30. The van der Waals surface area contributed by atoms with Crippen LogP contribution in [0.5, 0.6) is 5.75 Å². The zero-order chi connectivity index (χ0) is 24.2. The summed E-state index contributed by atoms with van der Waals surface area (Å²) < 4.78 is 11.8. The first-order valence-corrected chi connectivity index (χ1v) is 11.6. The molecule has 5 nitrogen and oxygen atoms in total. The highest BCUT2D eigenvalue weighted by molar-refractivity contribution is 6.01. The van der Waals surface area contributed by atoms with Gasteiger partial charge in [-0.15, -0.1) is 0 Å². The number of hydrogen-bond acceptors (Lipinski definition) is 4. The molecule has 5 heteroatoms. The third kappa shape index (κ3) is 4.80. The van der Waals surface area contributed by atoms with Gasteiger partial charge in [-0.05, 0) is 59.5 Å². The normalized spacial score (nSPS) is 11.7. The number of furan rings is 1. The number of nitrogens with zero attached hydrogens (tertiary/aromatic N) is 1. The van der Waals surface area contributed by atoms with E-state index in [-0.39, 0.29) is 5.91 Å². The number of carbonyl (C=O) groups excluding carboxylic acids is 1. The molecular formula is C30H26N2O3. The van der Waals surface area contributed by atoms with Gasteiger partial charge >= 0.3 is 0 Å². The fraction of sp³-hybridized carbons (Fsp3) is 0.133. The van der Waals surface area contributed by atoms with E-state index in [2.05, 4.69) is 46.7 Å². The van der Waals surface area contributed by atoms with Crippen LogP contribution in [-0.2, 0) is 11.3 Å². The molecule has 0 saturated heterocycles. The number of pyridine rings is 1. The quantitative estimate of drug-likeness (QED) is 0.271. The Labute approximate surface area is 204 Å². The van der Waals surface area contributed by atoms with Crippen LogP contribution in [0.15, 0.2) is 95.9 Å². The second kappa shape index (κ2) is 9.85. The molecular weight excluding hydrogens is 436 g/mol. The van der Waals surface area contributed by atoms with Crippen molar-refractivity contribution in [2.24, 2.45) is 0 Å². The lowest BCUT2D eigenvalue weighted by Crippen LogP contribution is -2.20. The molecule has 5 rings (SSSR count). The second-order valence-electron chi connectivity index (χ2n) is 8.40. The summed E-state index contributed by atoms with van der Waals surface area (Å²) in [5.41, 5.74) is 5.44. The molecule has 0 atom stereocenters. The number of nitrogens with one attached hydrogen (secondary N) is 1. The van der Waals surface area contributed by atoms with Gasteiger partial charge in [0.2, 0.25) is 5.91 Å². The summed E-state index contributed by atoms with van der Waals surface area (Å²) in [6.45, 7) is 4.79. The number of fused-ring (bicyclic) bond motifs is 2. The molecule has 0 bridgehead atoms. The van der Waals surface area contributed by atoms with Gasteiger partial charge in [-0.1, -0.05) is 42.5 Å². The number of carbonyl (C=O) groups is 1. The number of allylic oxidation sites excluding steroid dienone is 1. The van der Waals surface area contributed by atoms with Crippen molar-refractivity contribution in [3.05, 3.63) is 103 Å². The number of hydrogen-bond donors (Lipinski definition) is 1. The highest BCUT2D eigenvalue weighted by atomic mass is 16.5. The smallest absolute Gasteiger partial charge is 0.244 e. The molecule has 0 saturated carbocycles. The summed E-state index contributed by atoms with van der Waals surface area (Å²) >= 11 is 0. The predicted molar refractivity (Wildman–Crippen MR) is 140 cm³/mol. The molecule has 0 fully saturated rings. The molecule has 2 aromatic heterocycles. The second-order valence-corrected chi connectivity index (χ2v) is 8.40. The van der Waals surface area contributed by atoms with Crippen LogP contribution in [0.25, 0.3) is 38.4 Å². The van der Waals surface area contributed by atoms with Gasteiger partial charge in [-0.2, -0.15) is 0 Å². The van der Waals surface area contributed by atoms with Crippen LogP contribution in [0.2, 0.25) is 0 Å². The lowest BCUT2D eigenvalue weighted by Gasteiger charge is -2.12. The van der Waals surface area contributed by atoms with E-state index in [0.717, 1.165) is 38.8 Å². The minimum atomic E-state index is -0.171. The van der Waals surface area contributed by atoms with E-state index in [4.69, 9.17) is 9.15 Å². The maximum absolute atomic E-state index is 12.6. The van der Waals surface area contributed by atoms with Gasteiger partial charge in [0.05, 0.1) is 12.9 Å². The van der Waals surface area contributed by atoms with Gasteiger partial charge in [0.1, 0.15) is 11.3 Å². The van der Waals surface area contributed by atoms with Crippen LogP contribution >= 0.6 is 0 Å². The highest BCUT2D eigenvalue weighted by Gasteiger charge is 2.15. The van der Waals surface area contributed by atoms with Gasteiger partial charge in [0.15, 0.2) is 0 Å². The summed E-state index contributed by atoms with van der Waals surface area (Å²) in [5.74, 6) is 0.518. The molecule has 0 aliphatic carbocycles. The first kappa shape index (κ1) is 22.4. The van der Waals surface area contributed by atoms with Crippen molar-refractivity contribution in [3.63, 3.8) is 0 Å². The Hall–Kier alpha value is -4.38. The Morgan fingerprint density at radius 1 is 1.06 bits per heavy atom. The molecule has 3 aromatic carbocycles. The van der Waals surface area contributed by atoms with Crippen LogP contribution < -0.4 is 10.1 Å². The lowest BCUT2D eigenvalue weighted by molar-refractivity contribution is -0.116. The Balaban J connectivity index is 1.50. The maximum atomic E-state index is 12.6. The van der Waals surface area contributed by atoms with E-state index in [0.29, 0.717) is 18.9 Å². The van der Waals surface area contributed by atoms with Crippen LogP contribution in [0.4, 0.5) is 0 Å². The number of benzene rings is 3. The third-order valence-electron chi connectivity index (χ3n) is 6.00. The minimum Gasteiger partial charge on any atom is -0.493 e. The Bertz CT molecular complexity index is 1530. The van der Waals surface area contributed by atoms with Crippen molar-refractivity contribution in [1.29, 1.82) is 0 Å². The van der Waals surface area contributed by atoms with Crippen molar-refractivity contribution >= 4 is 33.2 Å². The van der Waals surface area contributed by atoms with E-state index in [1.807, 2.05) is 44.2 Å². The topological polar surface area (TPSA) is 64.4 Å². The molecule has 0 spiro atoms. The highest BCUT2D eigenvalue weighted by Crippen LogP contribution is 2.38. The van der Waals surface area contributed by atoms with Crippen LogP contribution in [0, 0.1) is 0 Å². The molecule has 0 radical (unpaired) electrons. The Kier molecular flexibility index (Phi) is 6.31. The maximum Gasteiger partial charge on any atom is 0.244 e. The zero-order valence-electron chi connectivity index (χ0n) is 19.7. The summed E-state index contributed by atoms with van der Waals surface area (Å²) in [5, 5.41) is 6.26. The first-order chi connectivity index (χ1) is 17.1. The van der Waals surface area contributed by atoms with Crippen molar-refractivity contribution < 1.29 is 13.9 Å².